The van der Waals surface area contributed by atoms with Gasteiger partial charge in [0, 0.05) is 0 Å². The first-order valence-corrected chi connectivity index (χ1v) is 5.62. The zero-order valence-corrected chi connectivity index (χ0v) is 6.89. The minimum absolute atomic E-state index is 0.781. The maximum absolute atomic E-state index is 6.17. The fourth-order valence-electron chi connectivity index (χ4n) is 6.91. The third-order valence-electron chi connectivity index (χ3n) is 6.58. The lowest BCUT2D eigenvalue weighted by Crippen LogP contribution is -2.43. The molecule has 0 aromatic rings. The lowest BCUT2D eigenvalue weighted by molar-refractivity contribution is 0.0368. The Labute approximate surface area is 71.5 Å². The van der Waals surface area contributed by atoms with Gasteiger partial charge in [0.2, 0.25) is 0 Å². The number of hydrogen-bond donors (Lipinski definition) is 0. The summed E-state index contributed by atoms with van der Waals surface area (Å²) >= 11 is 0. The standard InChI is InChI=1S/C11H12O/c1-2-4-5-3(1)7-6(2)10-8(4)9(5)11(7)12-10/h2-11H,1H2/t2-,3-,4+,5+,6-,7-,8-,9+,10-,11-/m1/s1. The van der Waals surface area contributed by atoms with Gasteiger partial charge in [0.1, 0.15) is 0 Å². The molecule has 10 atom stereocenters. The third-order valence-corrected chi connectivity index (χ3v) is 6.58. The van der Waals surface area contributed by atoms with Crippen molar-refractivity contribution in [3.05, 3.63) is 0 Å². The van der Waals surface area contributed by atoms with Crippen LogP contribution in [0.5, 0.6) is 0 Å². The monoisotopic (exact) mass is 160 g/mol. The van der Waals surface area contributed by atoms with Crippen molar-refractivity contribution >= 4 is 0 Å². The van der Waals surface area contributed by atoms with E-state index in [1.807, 2.05) is 0 Å². The molecule has 0 radical (unpaired) electrons. The first-order chi connectivity index (χ1) is 5.97. The van der Waals surface area contributed by atoms with Gasteiger partial charge in [-0.1, -0.05) is 0 Å². The van der Waals surface area contributed by atoms with Crippen LogP contribution in [0.2, 0.25) is 0 Å². The summed E-state index contributed by atoms with van der Waals surface area (Å²) < 4.78 is 6.17. The van der Waals surface area contributed by atoms with Gasteiger partial charge < -0.3 is 4.74 Å². The van der Waals surface area contributed by atoms with E-state index >= 15 is 0 Å². The SMILES string of the molecule is C1[C@@H]2[C@H]3[C@@H]4[C@@H]1[C@H]1[C@H]5O[C@@H]([C@H]3[C@@H]54)[C@H]21. The van der Waals surface area contributed by atoms with Gasteiger partial charge in [-0.3, -0.25) is 0 Å². The third kappa shape index (κ3) is 0.222. The van der Waals surface area contributed by atoms with Crippen LogP contribution in [0, 0.1) is 47.3 Å². The molecule has 0 spiro atoms. The highest BCUT2D eigenvalue weighted by atomic mass is 16.5. The summed E-state index contributed by atoms with van der Waals surface area (Å²) in [5.41, 5.74) is 0. The molecular weight excluding hydrogens is 148 g/mol. The topological polar surface area (TPSA) is 9.23 Å². The Morgan fingerprint density at radius 2 is 1.25 bits per heavy atom. The predicted molar refractivity (Wildman–Crippen MR) is 41.2 cm³/mol. The van der Waals surface area contributed by atoms with Crippen LogP contribution >= 0.6 is 0 Å². The van der Waals surface area contributed by atoms with E-state index in [0.29, 0.717) is 0 Å². The molecule has 0 N–H and O–H groups in total. The van der Waals surface area contributed by atoms with E-state index in [-0.39, 0.29) is 0 Å². The highest BCUT2D eigenvalue weighted by molar-refractivity contribution is 5.34. The molecular formula is C11H12O. The lowest BCUT2D eigenvalue weighted by Gasteiger charge is -2.43. The first-order valence-electron chi connectivity index (χ1n) is 5.62. The molecule has 7 fully saturated rings. The van der Waals surface area contributed by atoms with Crippen molar-refractivity contribution in [3.8, 4) is 0 Å². The molecule has 12 heavy (non-hydrogen) atoms. The zero-order valence-electron chi connectivity index (χ0n) is 6.89. The second-order valence-corrected chi connectivity index (χ2v) is 6.09. The van der Waals surface area contributed by atoms with E-state index < -0.39 is 0 Å². The van der Waals surface area contributed by atoms with E-state index in [4.69, 9.17) is 4.74 Å². The zero-order chi connectivity index (χ0) is 7.19. The molecule has 7 rings (SSSR count). The van der Waals surface area contributed by atoms with E-state index in [1.54, 1.807) is 6.42 Å². The van der Waals surface area contributed by atoms with Crippen LogP contribution in [0.1, 0.15) is 6.42 Å². The molecule has 62 valence electrons. The van der Waals surface area contributed by atoms with E-state index in [1.165, 1.54) is 11.8 Å². The van der Waals surface area contributed by atoms with E-state index in [0.717, 1.165) is 47.7 Å². The number of rotatable bonds is 0. The molecule has 5 saturated carbocycles. The summed E-state index contributed by atoms with van der Waals surface area (Å²) in [6, 6.07) is 0. The van der Waals surface area contributed by atoms with Crippen LogP contribution in [0.4, 0.5) is 0 Å². The number of ether oxygens (including phenoxy) is 1. The molecule has 0 unspecified atom stereocenters. The van der Waals surface area contributed by atoms with Crippen molar-refractivity contribution in [1.29, 1.82) is 0 Å². The summed E-state index contributed by atoms with van der Waals surface area (Å²) in [5.74, 6) is 8.98. The Bertz CT molecular complexity index is 246. The fraction of sp³-hybridized carbons (Fsp3) is 1.00. The molecule has 0 amide bonds. The highest BCUT2D eigenvalue weighted by Gasteiger charge is 2.87. The smallest absolute Gasteiger partial charge is 0.0648 e. The van der Waals surface area contributed by atoms with Crippen molar-refractivity contribution in [2.24, 2.45) is 47.3 Å². The average Bonchev–Trinajstić information content (AvgIpc) is 2.51. The minimum atomic E-state index is 0.781. The Kier molecular flexibility index (Phi) is 0.443. The Balaban J connectivity index is 1.86. The summed E-state index contributed by atoms with van der Waals surface area (Å²) in [4.78, 5) is 0. The van der Waals surface area contributed by atoms with Crippen molar-refractivity contribution in [3.63, 3.8) is 0 Å². The van der Waals surface area contributed by atoms with Gasteiger partial charge in [-0.25, -0.2) is 0 Å². The molecule has 5 aliphatic carbocycles. The largest absolute Gasteiger partial charge is 0.374 e. The van der Waals surface area contributed by atoms with Crippen LogP contribution in [0.15, 0.2) is 0 Å². The summed E-state index contributed by atoms with van der Waals surface area (Å²) in [5, 5.41) is 0. The molecule has 0 aromatic heterocycles. The molecule has 7 aliphatic rings. The van der Waals surface area contributed by atoms with Crippen LogP contribution in [0.3, 0.4) is 0 Å². The van der Waals surface area contributed by atoms with Crippen LogP contribution in [-0.2, 0) is 4.74 Å². The van der Waals surface area contributed by atoms with Crippen molar-refractivity contribution in [2.75, 3.05) is 0 Å². The van der Waals surface area contributed by atoms with Crippen LogP contribution < -0.4 is 0 Å². The van der Waals surface area contributed by atoms with Gasteiger partial charge in [0.15, 0.2) is 0 Å². The summed E-state index contributed by atoms with van der Waals surface area (Å²) in [7, 11) is 0. The highest BCUT2D eigenvalue weighted by Crippen LogP contribution is 2.87. The maximum Gasteiger partial charge on any atom is 0.0648 e. The van der Waals surface area contributed by atoms with Crippen LogP contribution in [0.25, 0.3) is 0 Å². The van der Waals surface area contributed by atoms with Crippen molar-refractivity contribution in [2.45, 2.75) is 18.6 Å². The molecule has 2 heterocycles. The number of hydrogen-bond acceptors (Lipinski definition) is 1. The molecule has 4 bridgehead atoms. The molecule has 1 heteroatoms. The summed E-state index contributed by atoms with van der Waals surface area (Å²) in [6.45, 7) is 0. The van der Waals surface area contributed by atoms with Gasteiger partial charge in [-0.15, -0.1) is 0 Å². The minimum Gasteiger partial charge on any atom is -0.374 e. The van der Waals surface area contributed by atoms with E-state index in [2.05, 4.69) is 0 Å². The van der Waals surface area contributed by atoms with E-state index in [9.17, 15) is 0 Å². The first kappa shape index (κ1) is 4.99. The molecule has 2 aliphatic heterocycles. The quantitative estimate of drug-likeness (QED) is 0.516. The van der Waals surface area contributed by atoms with Gasteiger partial charge >= 0.3 is 0 Å². The lowest BCUT2D eigenvalue weighted by atomic mass is 9.60. The maximum atomic E-state index is 6.17. The second kappa shape index (κ2) is 1.06. The summed E-state index contributed by atoms with van der Waals surface area (Å²) in [6.07, 6.45) is 3.18. The Morgan fingerprint density at radius 1 is 0.667 bits per heavy atom. The molecule has 1 nitrogen and oxygen atoms in total. The average molecular weight is 160 g/mol. The Hall–Kier alpha value is -0.0400. The molecule has 2 saturated heterocycles. The normalized spacial score (nSPS) is 94.0. The van der Waals surface area contributed by atoms with Gasteiger partial charge in [-0.05, 0) is 53.8 Å². The Morgan fingerprint density at radius 3 is 1.83 bits per heavy atom. The van der Waals surface area contributed by atoms with Gasteiger partial charge in [0.05, 0.1) is 12.2 Å². The fourth-order valence-corrected chi connectivity index (χ4v) is 6.91. The van der Waals surface area contributed by atoms with Crippen molar-refractivity contribution < 1.29 is 4.74 Å². The predicted octanol–water partition coefficient (Wildman–Crippen LogP) is 1.14. The van der Waals surface area contributed by atoms with Crippen molar-refractivity contribution in [1.82, 2.24) is 0 Å². The second-order valence-electron chi connectivity index (χ2n) is 6.09. The molecule has 0 aromatic carbocycles. The van der Waals surface area contributed by atoms with Crippen LogP contribution in [-0.4, -0.2) is 12.2 Å². The van der Waals surface area contributed by atoms with Gasteiger partial charge in [0.25, 0.3) is 0 Å². The van der Waals surface area contributed by atoms with Gasteiger partial charge in [-0.2, -0.15) is 0 Å².